The third-order valence-corrected chi connectivity index (χ3v) is 3.72. The molecule has 2 N–H and O–H groups in total. The molecule has 1 saturated carbocycles. The van der Waals surface area contributed by atoms with Gasteiger partial charge in [0.05, 0.1) is 0 Å². The number of nitrogens with one attached hydrogen (secondary N) is 1. The molecule has 1 aliphatic carbocycles. The zero-order valence-corrected chi connectivity index (χ0v) is 11.3. The van der Waals surface area contributed by atoms with Gasteiger partial charge in [-0.1, -0.05) is 30.3 Å². The molecule has 0 aromatic heterocycles. The van der Waals surface area contributed by atoms with E-state index in [0.29, 0.717) is 5.92 Å². The second kappa shape index (κ2) is 6.89. The highest BCUT2D eigenvalue weighted by molar-refractivity contribution is 5.93. The lowest BCUT2D eigenvalue weighted by Gasteiger charge is -2.29. The quantitative estimate of drug-likeness (QED) is 0.828. The van der Waals surface area contributed by atoms with Crippen molar-refractivity contribution in [3.8, 4) is 0 Å². The molecule has 20 heavy (non-hydrogen) atoms. The van der Waals surface area contributed by atoms with E-state index in [0.717, 1.165) is 37.8 Å². The molecule has 4 heteroatoms. The Hall–Kier alpha value is -2.10. The molecule has 0 aliphatic heterocycles. The van der Waals surface area contributed by atoms with Crippen molar-refractivity contribution in [3.63, 3.8) is 0 Å². The van der Waals surface area contributed by atoms with Crippen LogP contribution in [-0.4, -0.2) is 23.0 Å². The van der Waals surface area contributed by atoms with Crippen LogP contribution in [0, 0.1) is 0 Å². The first-order valence-corrected chi connectivity index (χ1v) is 6.91. The molecule has 1 fully saturated rings. The summed E-state index contributed by atoms with van der Waals surface area (Å²) in [6.07, 6.45) is 5.92. The Morgan fingerprint density at radius 2 is 1.70 bits per heavy atom. The highest BCUT2D eigenvalue weighted by Gasteiger charge is 2.22. The number of carbonyl (C=O) groups excluding carboxylic acids is 1. The average Bonchev–Trinajstić information content (AvgIpc) is 2.47. The first kappa shape index (κ1) is 14.3. The van der Waals surface area contributed by atoms with Crippen LogP contribution in [-0.2, 0) is 9.59 Å². The molecule has 1 amide bonds. The Morgan fingerprint density at radius 3 is 2.30 bits per heavy atom. The number of carboxylic acid groups (broad SMARTS) is 1. The lowest BCUT2D eigenvalue weighted by atomic mass is 9.82. The molecule has 0 spiro atoms. The summed E-state index contributed by atoms with van der Waals surface area (Å²) < 4.78 is 0. The number of amides is 1. The van der Waals surface area contributed by atoms with Crippen LogP contribution >= 0.6 is 0 Å². The zero-order valence-electron chi connectivity index (χ0n) is 11.3. The summed E-state index contributed by atoms with van der Waals surface area (Å²) in [5.74, 6) is -0.859. The van der Waals surface area contributed by atoms with Crippen LogP contribution in [0.5, 0.6) is 0 Å². The van der Waals surface area contributed by atoms with Crippen LogP contribution in [0.25, 0.3) is 0 Å². The Kier molecular flexibility index (Phi) is 4.93. The molecule has 0 unspecified atom stereocenters. The van der Waals surface area contributed by atoms with Crippen LogP contribution in [0.3, 0.4) is 0 Å². The fourth-order valence-electron chi connectivity index (χ4n) is 2.69. The van der Waals surface area contributed by atoms with E-state index in [9.17, 15) is 9.59 Å². The molecule has 0 saturated heterocycles. The van der Waals surface area contributed by atoms with Gasteiger partial charge >= 0.3 is 5.97 Å². The smallest absolute Gasteiger partial charge is 0.328 e. The van der Waals surface area contributed by atoms with E-state index in [-0.39, 0.29) is 11.9 Å². The number of hydrogen-bond donors (Lipinski definition) is 2. The normalized spacial score (nSPS) is 22.6. The molecule has 2 rings (SSSR count). The molecule has 0 bridgehead atoms. The van der Waals surface area contributed by atoms with Crippen molar-refractivity contribution >= 4 is 11.9 Å². The minimum Gasteiger partial charge on any atom is -0.478 e. The Balaban J connectivity index is 1.80. The molecule has 0 heterocycles. The number of rotatable bonds is 4. The van der Waals surface area contributed by atoms with Crippen molar-refractivity contribution in [2.45, 2.75) is 37.6 Å². The van der Waals surface area contributed by atoms with Crippen LogP contribution in [0.15, 0.2) is 42.5 Å². The minimum atomic E-state index is -1.10. The second-order valence-electron chi connectivity index (χ2n) is 5.14. The van der Waals surface area contributed by atoms with E-state index >= 15 is 0 Å². The van der Waals surface area contributed by atoms with Gasteiger partial charge < -0.3 is 10.4 Å². The molecule has 1 aliphatic rings. The summed E-state index contributed by atoms with van der Waals surface area (Å²) in [5, 5.41) is 11.3. The average molecular weight is 273 g/mol. The molecule has 4 nitrogen and oxygen atoms in total. The minimum absolute atomic E-state index is 0.154. The largest absolute Gasteiger partial charge is 0.478 e. The molecular formula is C16H19NO3. The predicted molar refractivity (Wildman–Crippen MR) is 76.4 cm³/mol. The van der Waals surface area contributed by atoms with E-state index in [1.165, 1.54) is 5.56 Å². The Bertz CT molecular complexity index is 488. The van der Waals surface area contributed by atoms with Gasteiger partial charge in [-0.05, 0) is 37.2 Å². The summed E-state index contributed by atoms with van der Waals surface area (Å²) in [6, 6.07) is 10.6. The maximum absolute atomic E-state index is 11.5. The van der Waals surface area contributed by atoms with Crippen LogP contribution in [0.4, 0.5) is 0 Å². The summed E-state index contributed by atoms with van der Waals surface area (Å²) in [6.45, 7) is 0. The fourth-order valence-corrected chi connectivity index (χ4v) is 2.69. The molecule has 0 atom stereocenters. The third kappa shape index (κ3) is 4.23. The van der Waals surface area contributed by atoms with Crippen LogP contribution in [0.2, 0.25) is 0 Å². The van der Waals surface area contributed by atoms with E-state index in [1.54, 1.807) is 0 Å². The highest BCUT2D eigenvalue weighted by atomic mass is 16.4. The zero-order chi connectivity index (χ0) is 14.4. The number of carboxylic acids is 1. The number of aliphatic carboxylic acids is 1. The first-order chi connectivity index (χ1) is 9.65. The van der Waals surface area contributed by atoms with Crippen molar-refractivity contribution in [1.82, 2.24) is 5.32 Å². The summed E-state index contributed by atoms with van der Waals surface area (Å²) in [5.41, 5.74) is 1.36. The Labute approximate surface area is 118 Å². The fraction of sp³-hybridized carbons (Fsp3) is 0.375. The maximum atomic E-state index is 11.5. The number of benzene rings is 1. The summed E-state index contributed by atoms with van der Waals surface area (Å²) in [7, 11) is 0. The predicted octanol–water partition coefficient (Wildman–Crippen LogP) is 2.47. The van der Waals surface area contributed by atoms with Gasteiger partial charge in [0.1, 0.15) is 0 Å². The van der Waals surface area contributed by atoms with Crippen molar-refractivity contribution in [3.05, 3.63) is 48.0 Å². The summed E-state index contributed by atoms with van der Waals surface area (Å²) >= 11 is 0. The Morgan fingerprint density at radius 1 is 1.05 bits per heavy atom. The number of carbonyl (C=O) groups is 2. The van der Waals surface area contributed by atoms with Gasteiger partial charge in [-0.2, -0.15) is 0 Å². The SMILES string of the molecule is O=C(O)/C=C/C(=O)NC1CCC(c2ccccc2)CC1. The van der Waals surface area contributed by atoms with E-state index in [2.05, 4.69) is 29.6 Å². The van der Waals surface area contributed by atoms with Gasteiger partial charge in [0.25, 0.3) is 0 Å². The standard InChI is InChI=1S/C16H19NO3/c18-15(10-11-16(19)20)17-14-8-6-13(7-9-14)12-4-2-1-3-5-12/h1-5,10-11,13-14H,6-9H2,(H,17,18)(H,19,20)/b11-10+. The van der Waals surface area contributed by atoms with Crippen molar-refractivity contribution in [2.24, 2.45) is 0 Å². The van der Waals surface area contributed by atoms with E-state index in [1.807, 2.05) is 6.07 Å². The van der Waals surface area contributed by atoms with Gasteiger partial charge in [-0.15, -0.1) is 0 Å². The van der Waals surface area contributed by atoms with Crippen molar-refractivity contribution in [2.75, 3.05) is 0 Å². The molecular weight excluding hydrogens is 254 g/mol. The van der Waals surface area contributed by atoms with Crippen LogP contribution in [0.1, 0.15) is 37.2 Å². The monoisotopic (exact) mass is 273 g/mol. The van der Waals surface area contributed by atoms with Crippen molar-refractivity contribution in [1.29, 1.82) is 0 Å². The van der Waals surface area contributed by atoms with Gasteiger partial charge in [-0.3, -0.25) is 4.79 Å². The summed E-state index contributed by atoms with van der Waals surface area (Å²) in [4.78, 5) is 21.8. The second-order valence-corrected chi connectivity index (χ2v) is 5.14. The topological polar surface area (TPSA) is 66.4 Å². The number of hydrogen-bond acceptors (Lipinski definition) is 2. The molecule has 1 aromatic rings. The lowest BCUT2D eigenvalue weighted by Crippen LogP contribution is -2.36. The molecule has 1 aromatic carbocycles. The first-order valence-electron chi connectivity index (χ1n) is 6.91. The lowest BCUT2D eigenvalue weighted by molar-refractivity contribution is -0.131. The van der Waals surface area contributed by atoms with E-state index in [4.69, 9.17) is 5.11 Å². The van der Waals surface area contributed by atoms with Gasteiger partial charge in [0.15, 0.2) is 0 Å². The van der Waals surface area contributed by atoms with Crippen LogP contribution < -0.4 is 5.32 Å². The van der Waals surface area contributed by atoms with Gasteiger partial charge in [0.2, 0.25) is 5.91 Å². The molecule has 0 radical (unpaired) electrons. The van der Waals surface area contributed by atoms with Crippen molar-refractivity contribution < 1.29 is 14.7 Å². The molecule has 106 valence electrons. The highest BCUT2D eigenvalue weighted by Crippen LogP contribution is 2.32. The maximum Gasteiger partial charge on any atom is 0.328 e. The van der Waals surface area contributed by atoms with E-state index < -0.39 is 5.97 Å². The van der Waals surface area contributed by atoms with Gasteiger partial charge in [-0.25, -0.2) is 4.79 Å². The van der Waals surface area contributed by atoms with Gasteiger partial charge in [0, 0.05) is 18.2 Å². The third-order valence-electron chi connectivity index (χ3n) is 3.72.